The Morgan fingerprint density at radius 1 is 1.09 bits per heavy atom. The van der Waals surface area contributed by atoms with Gasteiger partial charge in [-0.25, -0.2) is 21.5 Å². The number of hydrogen-bond donors (Lipinski definition) is 0. The summed E-state index contributed by atoms with van der Waals surface area (Å²) in [6, 6.07) is 0. The molecule has 6 nitrogen and oxygen atoms in total. The van der Waals surface area contributed by atoms with E-state index in [9.17, 15) is 22.0 Å². The largest absolute Gasteiger partial charge is 0.340 e. The van der Waals surface area contributed by atoms with Crippen LogP contribution in [0.5, 0.6) is 0 Å². The van der Waals surface area contributed by atoms with Gasteiger partial charge in [0.1, 0.15) is 0 Å². The molecule has 2 rings (SSSR count). The summed E-state index contributed by atoms with van der Waals surface area (Å²) in [6.07, 6.45) is -0.105. The fourth-order valence-electron chi connectivity index (χ4n) is 3.04. The van der Waals surface area contributed by atoms with E-state index < -0.39 is 16.4 Å². The van der Waals surface area contributed by atoms with Crippen LogP contribution in [0, 0.1) is 5.92 Å². The second kappa shape index (κ2) is 7.18. The van der Waals surface area contributed by atoms with Crippen molar-refractivity contribution in [3.8, 4) is 0 Å². The second-order valence-electron chi connectivity index (χ2n) is 5.95. The fraction of sp³-hybridized carbons (Fsp3) is 0.923. The van der Waals surface area contributed by atoms with E-state index in [4.69, 9.17) is 0 Å². The SMILES string of the molecule is CS(=O)(=O)N1CCC(C(=O)N2CCN(CC(F)F)CC2)CC1. The molecule has 0 aliphatic carbocycles. The van der Waals surface area contributed by atoms with Gasteiger partial charge in [-0.2, -0.15) is 0 Å². The Hall–Kier alpha value is -0.800. The molecule has 2 heterocycles. The van der Waals surface area contributed by atoms with E-state index >= 15 is 0 Å². The summed E-state index contributed by atoms with van der Waals surface area (Å²) in [7, 11) is -3.19. The van der Waals surface area contributed by atoms with Crippen molar-refractivity contribution in [2.24, 2.45) is 5.92 Å². The Bertz CT molecular complexity index is 485. The zero-order valence-electron chi connectivity index (χ0n) is 12.7. The highest BCUT2D eigenvalue weighted by Gasteiger charge is 2.32. The van der Waals surface area contributed by atoms with Gasteiger partial charge in [-0.1, -0.05) is 0 Å². The normalized spacial score (nSPS) is 23.2. The first-order chi connectivity index (χ1) is 10.3. The van der Waals surface area contributed by atoms with Crippen molar-refractivity contribution in [1.29, 1.82) is 0 Å². The lowest BCUT2D eigenvalue weighted by Crippen LogP contribution is -2.52. The molecule has 0 atom stereocenters. The van der Waals surface area contributed by atoms with Crippen molar-refractivity contribution in [2.45, 2.75) is 19.3 Å². The molecule has 2 aliphatic heterocycles. The van der Waals surface area contributed by atoms with E-state index in [1.165, 1.54) is 10.6 Å². The summed E-state index contributed by atoms with van der Waals surface area (Å²) in [5, 5.41) is 0. The van der Waals surface area contributed by atoms with Crippen LogP contribution in [0.3, 0.4) is 0 Å². The van der Waals surface area contributed by atoms with Crippen molar-refractivity contribution in [3.05, 3.63) is 0 Å². The lowest BCUT2D eigenvalue weighted by Gasteiger charge is -2.38. The molecule has 128 valence electrons. The lowest BCUT2D eigenvalue weighted by atomic mass is 9.96. The second-order valence-corrected chi connectivity index (χ2v) is 7.94. The van der Waals surface area contributed by atoms with E-state index in [2.05, 4.69) is 0 Å². The third-order valence-corrected chi connectivity index (χ3v) is 5.66. The number of hydrogen-bond acceptors (Lipinski definition) is 4. The van der Waals surface area contributed by atoms with Gasteiger partial charge in [-0.05, 0) is 12.8 Å². The smallest absolute Gasteiger partial charge is 0.251 e. The predicted octanol–water partition coefficient (Wildman–Crippen LogP) is 0.0673. The van der Waals surface area contributed by atoms with Gasteiger partial charge in [-0.3, -0.25) is 9.69 Å². The molecule has 0 N–H and O–H groups in total. The summed E-state index contributed by atoms with van der Waals surface area (Å²) >= 11 is 0. The third-order valence-electron chi connectivity index (χ3n) is 4.35. The molecule has 2 fully saturated rings. The van der Waals surface area contributed by atoms with Crippen LogP contribution in [-0.2, 0) is 14.8 Å². The average Bonchev–Trinajstić information content (AvgIpc) is 2.46. The number of rotatable bonds is 4. The van der Waals surface area contributed by atoms with Gasteiger partial charge in [0.25, 0.3) is 6.43 Å². The monoisotopic (exact) mass is 339 g/mol. The van der Waals surface area contributed by atoms with Crippen LogP contribution >= 0.6 is 0 Å². The van der Waals surface area contributed by atoms with Crippen molar-refractivity contribution in [3.63, 3.8) is 0 Å². The van der Waals surface area contributed by atoms with Gasteiger partial charge < -0.3 is 4.90 Å². The first-order valence-corrected chi connectivity index (χ1v) is 9.36. The van der Waals surface area contributed by atoms with Gasteiger partial charge in [0, 0.05) is 45.2 Å². The standard InChI is InChI=1S/C13H23F2N3O3S/c1-22(20,21)18-4-2-11(3-5-18)13(19)17-8-6-16(7-9-17)10-12(14)15/h11-12H,2-10H2,1H3. The quantitative estimate of drug-likeness (QED) is 0.727. The number of carbonyl (C=O) groups is 1. The van der Waals surface area contributed by atoms with Crippen molar-refractivity contribution in [2.75, 3.05) is 52.1 Å². The lowest BCUT2D eigenvalue weighted by molar-refractivity contribution is -0.138. The molecular formula is C13H23F2N3O3S. The Morgan fingerprint density at radius 3 is 2.09 bits per heavy atom. The highest BCUT2D eigenvalue weighted by molar-refractivity contribution is 7.88. The van der Waals surface area contributed by atoms with Gasteiger partial charge >= 0.3 is 0 Å². The maximum atomic E-state index is 12.4. The number of piperazine rings is 1. The van der Waals surface area contributed by atoms with Gasteiger partial charge in [0.2, 0.25) is 15.9 Å². The van der Waals surface area contributed by atoms with E-state index in [1.54, 1.807) is 9.80 Å². The van der Waals surface area contributed by atoms with Crippen LogP contribution in [0.15, 0.2) is 0 Å². The molecule has 0 aromatic rings. The minimum Gasteiger partial charge on any atom is -0.340 e. The highest BCUT2D eigenvalue weighted by atomic mass is 32.2. The third kappa shape index (κ3) is 4.60. The molecule has 0 bridgehead atoms. The minimum absolute atomic E-state index is 0.0323. The van der Waals surface area contributed by atoms with Crippen LogP contribution in [0.1, 0.15) is 12.8 Å². The molecule has 22 heavy (non-hydrogen) atoms. The maximum absolute atomic E-state index is 12.4. The predicted molar refractivity (Wildman–Crippen MR) is 78.2 cm³/mol. The first-order valence-electron chi connectivity index (χ1n) is 7.52. The fourth-order valence-corrected chi connectivity index (χ4v) is 3.91. The first kappa shape index (κ1) is 17.6. The van der Waals surface area contributed by atoms with Crippen molar-refractivity contribution in [1.82, 2.24) is 14.1 Å². The average molecular weight is 339 g/mol. The number of nitrogens with zero attached hydrogens (tertiary/aromatic N) is 3. The Kier molecular flexibility index (Phi) is 5.73. The Balaban J connectivity index is 1.79. The minimum atomic E-state index is -3.19. The Labute approximate surface area is 130 Å². The Morgan fingerprint density at radius 2 is 1.64 bits per heavy atom. The molecule has 0 unspecified atom stereocenters. The molecule has 2 aliphatic rings. The topological polar surface area (TPSA) is 60.9 Å². The summed E-state index contributed by atoms with van der Waals surface area (Å²) in [5.74, 6) is -0.121. The summed E-state index contributed by atoms with van der Waals surface area (Å²) in [6.45, 7) is 2.39. The van der Waals surface area contributed by atoms with Gasteiger partial charge in [-0.15, -0.1) is 0 Å². The van der Waals surface area contributed by atoms with E-state index in [-0.39, 0.29) is 18.4 Å². The number of sulfonamides is 1. The zero-order valence-corrected chi connectivity index (χ0v) is 13.6. The van der Waals surface area contributed by atoms with Crippen molar-refractivity contribution >= 4 is 15.9 Å². The molecular weight excluding hydrogens is 316 g/mol. The van der Waals surface area contributed by atoms with Crippen molar-refractivity contribution < 1.29 is 22.0 Å². The number of alkyl halides is 2. The van der Waals surface area contributed by atoms with Crippen LogP contribution in [0.2, 0.25) is 0 Å². The number of amides is 1. The van der Waals surface area contributed by atoms with Crippen LogP contribution in [0.25, 0.3) is 0 Å². The highest BCUT2D eigenvalue weighted by Crippen LogP contribution is 2.22. The molecule has 0 saturated carbocycles. The number of piperidine rings is 1. The van der Waals surface area contributed by atoms with Crippen LogP contribution < -0.4 is 0 Å². The summed E-state index contributed by atoms with van der Waals surface area (Å²) in [4.78, 5) is 15.8. The molecule has 2 saturated heterocycles. The summed E-state index contributed by atoms with van der Waals surface area (Å²) < 4.78 is 49.0. The molecule has 1 amide bonds. The van der Waals surface area contributed by atoms with Crippen LogP contribution in [0.4, 0.5) is 8.78 Å². The zero-order chi connectivity index (χ0) is 16.3. The molecule has 9 heteroatoms. The molecule has 0 spiro atoms. The maximum Gasteiger partial charge on any atom is 0.251 e. The van der Waals surface area contributed by atoms with Gasteiger partial charge in [0.05, 0.1) is 12.8 Å². The molecule has 0 aromatic heterocycles. The van der Waals surface area contributed by atoms with Crippen LogP contribution in [-0.4, -0.2) is 86.9 Å². The van der Waals surface area contributed by atoms with E-state index in [1.807, 2.05) is 0 Å². The van der Waals surface area contributed by atoms with Gasteiger partial charge in [0.15, 0.2) is 0 Å². The van der Waals surface area contributed by atoms with E-state index in [0.29, 0.717) is 52.1 Å². The molecule has 0 radical (unpaired) electrons. The summed E-state index contributed by atoms with van der Waals surface area (Å²) in [5.41, 5.74) is 0. The number of carbonyl (C=O) groups excluding carboxylic acids is 1. The number of halogens is 2. The molecule has 0 aromatic carbocycles. The van der Waals surface area contributed by atoms with E-state index in [0.717, 1.165) is 0 Å².